The standard InChI is InChI=1S/C9H16O3/c1-9(2,3)7(6-10)4-5-8(11)12/h6-7H,4-5H2,1-3H3,(H,11,12). The van der Waals surface area contributed by atoms with Crippen molar-refractivity contribution in [1.82, 2.24) is 0 Å². The summed E-state index contributed by atoms with van der Waals surface area (Å²) in [5.41, 5.74) is -0.128. The quantitative estimate of drug-likeness (QED) is 0.657. The van der Waals surface area contributed by atoms with E-state index < -0.39 is 5.97 Å². The van der Waals surface area contributed by atoms with Gasteiger partial charge in [0.2, 0.25) is 0 Å². The van der Waals surface area contributed by atoms with Crippen LogP contribution in [0.2, 0.25) is 0 Å². The molecule has 0 saturated heterocycles. The number of hydrogen-bond donors (Lipinski definition) is 1. The molecular formula is C9H16O3. The summed E-state index contributed by atoms with van der Waals surface area (Å²) in [5.74, 6) is -1.00. The van der Waals surface area contributed by atoms with Crippen molar-refractivity contribution >= 4 is 12.3 Å². The zero-order valence-corrected chi connectivity index (χ0v) is 7.83. The van der Waals surface area contributed by atoms with Crippen LogP contribution >= 0.6 is 0 Å². The van der Waals surface area contributed by atoms with E-state index in [1.54, 1.807) is 0 Å². The molecule has 12 heavy (non-hydrogen) atoms. The van der Waals surface area contributed by atoms with Gasteiger partial charge in [-0.25, -0.2) is 0 Å². The Morgan fingerprint density at radius 3 is 2.25 bits per heavy atom. The first-order valence-corrected chi connectivity index (χ1v) is 4.05. The minimum absolute atomic E-state index is 0.0701. The average Bonchev–Trinajstić information content (AvgIpc) is 1.85. The normalized spacial score (nSPS) is 13.9. The van der Waals surface area contributed by atoms with Gasteiger partial charge in [0.1, 0.15) is 6.29 Å². The fourth-order valence-electron chi connectivity index (χ4n) is 0.984. The summed E-state index contributed by atoms with van der Waals surface area (Å²) >= 11 is 0. The second-order valence-electron chi connectivity index (χ2n) is 4.04. The maximum atomic E-state index is 10.6. The van der Waals surface area contributed by atoms with Crippen LogP contribution in [0.15, 0.2) is 0 Å². The van der Waals surface area contributed by atoms with E-state index in [0.29, 0.717) is 6.42 Å². The predicted molar refractivity (Wildman–Crippen MR) is 45.9 cm³/mol. The van der Waals surface area contributed by atoms with E-state index in [2.05, 4.69) is 0 Å². The first-order valence-electron chi connectivity index (χ1n) is 4.05. The van der Waals surface area contributed by atoms with Crippen molar-refractivity contribution in [2.45, 2.75) is 33.6 Å². The molecule has 3 nitrogen and oxygen atoms in total. The Balaban J connectivity index is 4.01. The molecule has 3 heteroatoms. The van der Waals surface area contributed by atoms with E-state index in [1.807, 2.05) is 20.8 Å². The Bertz CT molecular complexity index is 167. The molecule has 0 rings (SSSR count). The Kier molecular flexibility index (Phi) is 3.93. The molecule has 0 aliphatic rings. The summed E-state index contributed by atoms with van der Waals surface area (Å²) in [6.07, 6.45) is 1.35. The molecule has 0 bridgehead atoms. The molecule has 0 amide bonds. The van der Waals surface area contributed by atoms with E-state index >= 15 is 0 Å². The SMILES string of the molecule is CC(C)(C)C(C=O)CCC(=O)O. The van der Waals surface area contributed by atoms with Crippen LogP contribution in [0, 0.1) is 11.3 Å². The summed E-state index contributed by atoms with van der Waals surface area (Å²) in [4.78, 5) is 20.8. The fraction of sp³-hybridized carbons (Fsp3) is 0.778. The minimum Gasteiger partial charge on any atom is -0.481 e. The molecular weight excluding hydrogens is 156 g/mol. The number of carbonyl (C=O) groups excluding carboxylic acids is 1. The monoisotopic (exact) mass is 172 g/mol. The van der Waals surface area contributed by atoms with Crippen molar-refractivity contribution < 1.29 is 14.7 Å². The van der Waals surface area contributed by atoms with Crippen LogP contribution in [0.4, 0.5) is 0 Å². The highest BCUT2D eigenvalue weighted by molar-refractivity contribution is 5.67. The lowest BCUT2D eigenvalue weighted by molar-refractivity contribution is -0.137. The number of rotatable bonds is 4. The maximum Gasteiger partial charge on any atom is 0.303 e. The lowest BCUT2D eigenvalue weighted by atomic mass is 9.79. The number of carbonyl (C=O) groups is 2. The van der Waals surface area contributed by atoms with Gasteiger partial charge >= 0.3 is 5.97 Å². The minimum atomic E-state index is -0.842. The summed E-state index contributed by atoms with van der Waals surface area (Å²) in [6.45, 7) is 5.82. The van der Waals surface area contributed by atoms with Crippen molar-refractivity contribution in [1.29, 1.82) is 0 Å². The third kappa shape index (κ3) is 4.11. The number of carboxylic acid groups (broad SMARTS) is 1. The number of aldehydes is 1. The highest BCUT2D eigenvalue weighted by Gasteiger charge is 2.24. The van der Waals surface area contributed by atoms with Gasteiger partial charge in [-0.1, -0.05) is 20.8 Å². The molecule has 0 aliphatic heterocycles. The third-order valence-electron chi connectivity index (χ3n) is 1.95. The van der Waals surface area contributed by atoms with Crippen molar-refractivity contribution in [2.24, 2.45) is 11.3 Å². The van der Waals surface area contributed by atoms with E-state index in [1.165, 1.54) is 0 Å². The van der Waals surface area contributed by atoms with Gasteiger partial charge in [-0.3, -0.25) is 4.79 Å². The van der Waals surface area contributed by atoms with Crippen molar-refractivity contribution in [2.75, 3.05) is 0 Å². The van der Waals surface area contributed by atoms with Crippen LogP contribution in [-0.4, -0.2) is 17.4 Å². The van der Waals surface area contributed by atoms with Gasteiger partial charge in [0.25, 0.3) is 0 Å². The Labute approximate surface area is 72.8 Å². The summed E-state index contributed by atoms with van der Waals surface area (Å²) in [6, 6.07) is 0. The molecule has 0 spiro atoms. The van der Waals surface area contributed by atoms with Crippen LogP contribution in [0.3, 0.4) is 0 Å². The lowest BCUT2D eigenvalue weighted by Gasteiger charge is -2.25. The first-order chi connectivity index (χ1) is 5.38. The van der Waals surface area contributed by atoms with Crippen LogP contribution in [0.5, 0.6) is 0 Å². The topological polar surface area (TPSA) is 54.4 Å². The molecule has 1 atom stereocenters. The highest BCUT2D eigenvalue weighted by Crippen LogP contribution is 2.27. The molecule has 0 aliphatic carbocycles. The van der Waals surface area contributed by atoms with Gasteiger partial charge < -0.3 is 9.90 Å². The lowest BCUT2D eigenvalue weighted by Crippen LogP contribution is -2.22. The van der Waals surface area contributed by atoms with E-state index in [0.717, 1.165) is 6.29 Å². The van der Waals surface area contributed by atoms with Crippen molar-refractivity contribution in [3.05, 3.63) is 0 Å². The molecule has 1 N–H and O–H groups in total. The van der Waals surface area contributed by atoms with Gasteiger partial charge in [0.05, 0.1) is 0 Å². The average molecular weight is 172 g/mol. The second kappa shape index (κ2) is 4.24. The molecule has 0 saturated carbocycles. The van der Waals surface area contributed by atoms with Crippen LogP contribution in [0.25, 0.3) is 0 Å². The van der Waals surface area contributed by atoms with Crippen LogP contribution in [-0.2, 0) is 9.59 Å². The second-order valence-corrected chi connectivity index (χ2v) is 4.04. The highest BCUT2D eigenvalue weighted by atomic mass is 16.4. The maximum absolute atomic E-state index is 10.6. The smallest absolute Gasteiger partial charge is 0.303 e. The van der Waals surface area contributed by atoms with Gasteiger partial charge in [0, 0.05) is 12.3 Å². The van der Waals surface area contributed by atoms with Gasteiger partial charge in [0.15, 0.2) is 0 Å². The van der Waals surface area contributed by atoms with E-state index in [-0.39, 0.29) is 17.8 Å². The van der Waals surface area contributed by atoms with Gasteiger partial charge in [-0.2, -0.15) is 0 Å². The fourth-order valence-corrected chi connectivity index (χ4v) is 0.984. The molecule has 0 heterocycles. The van der Waals surface area contributed by atoms with Gasteiger partial charge in [-0.15, -0.1) is 0 Å². The molecule has 70 valence electrons. The molecule has 0 aromatic carbocycles. The van der Waals surface area contributed by atoms with Crippen LogP contribution in [0.1, 0.15) is 33.6 Å². The Hall–Kier alpha value is -0.860. The van der Waals surface area contributed by atoms with E-state index in [9.17, 15) is 9.59 Å². The molecule has 0 fully saturated rings. The predicted octanol–water partition coefficient (Wildman–Crippen LogP) is 1.71. The number of hydrogen-bond acceptors (Lipinski definition) is 2. The summed E-state index contributed by atoms with van der Waals surface area (Å²) in [7, 11) is 0. The van der Waals surface area contributed by atoms with E-state index in [4.69, 9.17) is 5.11 Å². The van der Waals surface area contributed by atoms with Crippen molar-refractivity contribution in [3.63, 3.8) is 0 Å². The zero-order valence-electron chi connectivity index (χ0n) is 7.83. The summed E-state index contributed by atoms with van der Waals surface area (Å²) < 4.78 is 0. The zero-order chi connectivity index (χ0) is 9.78. The Morgan fingerprint density at radius 1 is 1.50 bits per heavy atom. The molecule has 0 aromatic heterocycles. The molecule has 0 aromatic rings. The van der Waals surface area contributed by atoms with Gasteiger partial charge in [-0.05, 0) is 11.8 Å². The first kappa shape index (κ1) is 11.1. The number of carboxylic acids is 1. The largest absolute Gasteiger partial charge is 0.481 e. The van der Waals surface area contributed by atoms with Crippen molar-refractivity contribution in [3.8, 4) is 0 Å². The molecule has 1 unspecified atom stereocenters. The third-order valence-corrected chi connectivity index (χ3v) is 1.95. The summed E-state index contributed by atoms with van der Waals surface area (Å²) in [5, 5.41) is 8.41. The number of aliphatic carboxylic acids is 1. The van der Waals surface area contributed by atoms with Crippen LogP contribution < -0.4 is 0 Å². The Morgan fingerprint density at radius 2 is 2.00 bits per heavy atom. The molecule has 0 radical (unpaired) electrons.